The molecular weight excluding hydrogens is 336 g/mol. The first-order valence-corrected chi connectivity index (χ1v) is 8.33. The summed E-state index contributed by atoms with van der Waals surface area (Å²) in [6, 6.07) is 7.57. The molecule has 0 bridgehead atoms. The fourth-order valence-corrected chi connectivity index (χ4v) is 3.17. The highest BCUT2D eigenvalue weighted by atomic mass is 16.5. The summed E-state index contributed by atoms with van der Waals surface area (Å²) in [5.41, 5.74) is 3.45. The van der Waals surface area contributed by atoms with Crippen molar-refractivity contribution in [3.63, 3.8) is 0 Å². The van der Waals surface area contributed by atoms with E-state index in [1.54, 1.807) is 20.1 Å². The number of hydrogen-bond donors (Lipinski definition) is 1. The highest BCUT2D eigenvalue weighted by Gasteiger charge is 2.26. The van der Waals surface area contributed by atoms with Gasteiger partial charge in [0.25, 0.3) is 11.8 Å². The molecule has 2 aromatic heterocycles. The summed E-state index contributed by atoms with van der Waals surface area (Å²) in [7, 11) is 1.58. The first-order valence-electron chi connectivity index (χ1n) is 8.33. The monoisotopic (exact) mass is 354 g/mol. The number of carbonyl (C=O) groups excluding carboxylic acids is 1. The molecule has 0 aliphatic heterocycles. The van der Waals surface area contributed by atoms with E-state index in [1.807, 2.05) is 18.2 Å². The van der Waals surface area contributed by atoms with Gasteiger partial charge in [-0.15, -0.1) is 0 Å². The van der Waals surface area contributed by atoms with Gasteiger partial charge < -0.3 is 19.1 Å². The third-order valence-corrected chi connectivity index (χ3v) is 4.38. The van der Waals surface area contributed by atoms with E-state index in [9.17, 15) is 4.79 Å². The Kier molecular flexibility index (Phi) is 4.26. The number of amides is 1. The topological polar surface area (TPSA) is 103 Å². The third kappa shape index (κ3) is 3.11. The van der Waals surface area contributed by atoms with Crippen molar-refractivity contribution >= 4 is 5.91 Å². The normalized spacial score (nSPS) is 15.8. The van der Waals surface area contributed by atoms with Crippen LogP contribution in [0.4, 0.5) is 0 Å². The Morgan fingerprint density at radius 3 is 2.96 bits per heavy atom. The van der Waals surface area contributed by atoms with Gasteiger partial charge in [0.1, 0.15) is 12.4 Å². The summed E-state index contributed by atoms with van der Waals surface area (Å²) in [6.07, 6.45) is 1.71. The SMILES string of the molecule is COCc1nc(-c2ccc3c(c2)CCC3NC(=O)c2cc(C)on2)no1. The zero-order chi connectivity index (χ0) is 18.1. The van der Waals surface area contributed by atoms with Crippen LogP contribution in [0.1, 0.15) is 45.7 Å². The molecule has 26 heavy (non-hydrogen) atoms. The number of nitrogens with zero attached hydrogens (tertiary/aromatic N) is 3. The average molecular weight is 354 g/mol. The molecule has 1 atom stereocenters. The second-order valence-electron chi connectivity index (χ2n) is 6.25. The van der Waals surface area contributed by atoms with Crippen molar-refractivity contribution in [1.82, 2.24) is 20.6 Å². The van der Waals surface area contributed by atoms with Gasteiger partial charge in [0.15, 0.2) is 5.69 Å². The molecule has 0 fully saturated rings. The minimum atomic E-state index is -0.230. The predicted octanol–water partition coefficient (Wildman–Crippen LogP) is 2.60. The van der Waals surface area contributed by atoms with Gasteiger partial charge in [0.2, 0.25) is 5.82 Å². The number of aryl methyl sites for hydroxylation is 2. The zero-order valence-corrected chi connectivity index (χ0v) is 14.5. The molecule has 134 valence electrons. The van der Waals surface area contributed by atoms with Crippen LogP contribution in [0.2, 0.25) is 0 Å². The summed E-state index contributed by atoms with van der Waals surface area (Å²) in [5.74, 6) is 1.35. The van der Waals surface area contributed by atoms with Crippen LogP contribution in [-0.2, 0) is 17.8 Å². The fourth-order valence-electron chi connectivity index (χ4n) is 3.17. The predicted molar refractivity (Wildman–Crippen MR) is 90.2 cm³/mol. The van der Waals surface area contributed by atoms with Gasteiger partial charge in [-0.3, -0.25) is 4.79 Å². The Labute approximate surface area is 149 Å². The lowest BCUT2D eigenvalue weighted by Gasteiger charge is -2.13. The largest absolute Gasteiger partial charge is 0.375 e. The van der Waals surface area contributed by atoms with E-state index in [4.69, 9.17) is 13.8 Å². The molecule has 4 rings (SSSR count). The Morgan fingerprint density at radius 1 is 1.31 bits per heavy atom. The summed E-state index contributed by atoms with van der Waals surface area (Å²) < 4.78 is 15.1. The first kappa shape index (κ1) is 16.5. The number of fused-ring (bicyclic) bond motifs is 1. The van der Waals surface area contributed by atoms with Gasteiger partial charge in [-0.2, -0.15) is 4.98 Å². The number of rotatable bonds is 5. The van der Waals surface area contributed by atoms with Crippen molar-refractivity contribution in [1.29, 1.82) is 0 Å². The Hall–Kier alpha value is -3.00. The van der Waals surface area contributed by atoms with Crippen LogP contribution in [-0.4, -0.2) is 28.3 Å². The maximum atomic E-state index is 12.3. The number of carbonyl (C=O) groups is 1. The molecule has 1 aliphatic rings. The van der Waals surface area contributed by atoms with E-state index in [2.05, 4.69) is 20.6 Å². The molecule has 1 unspecified atom stereocenters. The van der Waals surface area contributed by atoms with Gasteiger partial charge in [-0.1, -0.05) is 22.4 Å². The van der Waals surface area contributed by atoms with E-state index in [1.165, 1.54) is 5.56 Å². The second kappa shape index (κ2) is 6.72. The van der Waals surface area contributed by atoms with E-state index in [-0.39, 0.29) is 18.6 Å². The molecule has 1 aliphatic carbocycles. The first-order chi connectivity index (χ1) is 12.6. The number of aromatic nitrogens is 3. The molecule has 0 saturated carbocycles. The highest BCUT2D eigenvalue weighted by Crippen LogP contribution is 2.33. The van der Waals surface area contributed by atoms with E-state index >= 15 is 0 Å². The van der Waals surface area contributed by atoms with E-state index in [0.29, 0.717) is 23.2 Å². The van der Waals surface area contributed by atoms with Crippen molar-refractivity contribution in [3.8, 4) is 11.4 Å². The van der Waals surface area contributed by atoms with Crippen LogP contribution in [0, 0.1) is 6.92 Å². The third-order valence-electron chi connectivity index (χ3n) is 4.38. The lowest BCUT2D eigenvalue weighted by molar-refractivity contribution is 0.0927. The van der Waals surface area contributed by atoms with Crippen LogP contribution >= 0.6 is 0 Å². The molecule has 2 heterocycles. The number of hydrogen-bond acceptors (Lipinski definition) is 7. The molecule has 0 spiro atoms. The van der Waals surface area contributed by atoms with Crippen LogP contribution in [0.3, 0.4) is 0 Å². The Balaban J connectivity index is 1.51. The molecule has 0 radical (unpaired) electrons. The molecule has 0 saturated heterocycles. The van der Waals surface area contributed by atoms with Crippen LogP contribution in [0.25, 0.3) is 11.4 Å². The summed E-state index contributed by atoms with van der Waals surface area (Å²) >= 11 is 0. The number of methoxy groups -OCH3 is 1. The van der Waals surface area contributed by atoms with Crippen molar-refractivity contribution in [3.05, 3.63) is 52.7 Å². The number of benzene rings is 1. The number of nitrogens with one attached hydrogen (secondary N) is 1. The second-order valence-corrected chi connectivity index (χ2v) is 6.25. The quantitative estimate of drug-likeness (QED) is 0.751. The van der Waals surface area contributed by atoms with Crippen molar-refractivity contribution in [2.45, 2.75) is 32.4 Å². The van der Waals surface area contributed by atoms with Gasteiger partial charge in [-0.05, 0) is 37.0 Å². The molecule has 1 N–H and O–H groups in total. The average Bonchev–Trinajstić information content (AvgIpc) is 3.35. The van der Waals surface area contributed by atoms with E-state index in [0.717, 1.165) is 24.0 Å². The fraction of sp³-hybridized carbons (Fsp3) is 0.333. The van der Waals surface area contributed by atoms with Gasteiger partial charge >= 0.3 is 0 Å². The standard InChI is InChI=1S/C18H18N4O4/c1-10-7-15(21-25-10)18(23)19-14-6-4-11-8-12(3-5-13(11)14)17-20-16(9-24-2)26-22-17/h3,5,7-8,14H,4,6,9H2,1-2H3,(H,19,23). The van der Waals surface area contributed by atoms with Crippen LogP contribution < -0.4 is 5.32 Å². The molecule has 1 amide bonds. The number of ether oxygens (including phenoxy) is 1. The minimum Gasteiger partial charge on any atom is -0.375 e. The van der Waals surface area contributed by atoms with Gasteiger partial charge in [0, 0.05) is 18.7 Å². The van der Waals surface area contributed by atoms with Crippen LogP contribution in [0.5, 0.6) is 0 Å². The smallest absolute Gasteiger partial charge is 0.273 e. The summed E-state index contributed by atoms with van der Waals surface area (Å²) in [5, 5.41) is 10.8. The molecule has 8 nitrogen and oxygen atoms in total. The van der Waals surface area contributed by atoms with Gasteiger partial charge in [-0.25, -0.2) is 0 Å². The maximum absolute atomic E-state index is 12.3. The highest BCUT2D eigenvalue weighted by molar-refractivity contribution is 5.92. The Morgan fingerprint density at radius 2 is 2.19 bits per heavy atom. The van der Waals surface area contributed by atoms with Crippen molar-refractivity contribution in [2.75, 3.05) is 7.11 Å². The van der Waals surface area contributed by atoms with Crippen LogP contribution in [0.15, 0.2) is 33.3 Å². The molecule has 8 heteroatoms. The van der Waals surface area contributed by atoms with Gasteiger partial charge in [0.05, 0.1) is 6.04 Å². The lowest BCUT2D eigenvalue weighted by atomic mass is 10.0. The lowest BCUT2D eigenvalue weighted by Crippen LogP contribution is -2.27. The summed E-state index contributed by atoms with van der Waals surface area (Å²) in [6.45, 7) is 2.04. The molecular formula is C18H18N4O4. The summed E-state index contributed by atoms with van der Waals surface area (Å²) in [4.78, 5) is 16.6. The van der Waals surface area contributed by atoms with Crippen molar-refractivity contribution < 1.29 is 18.6 Å². The minimum absolute atomic E-state index is 0.0436. The Bertz CT molecular complexity index is 946. The van der Waals surface area contributed by atoms with Crippen molar-refractivity contribution in [2.24, 2.45) is 0 Å². The molecule has 3 aromatic rings. The zero-order valence-electron chi connectivity index (χ0n) is 14.5. The van der Waals surface area contributed by atoms with E-state index < -0.39 is 0 Å². The molecule has 1 aromatic carbocycles. The maximum Gasteiger partial charge on any atom is 0.273 e.